The molecule has 0 spiro atoms. The second-order valence-electron chi connectivity index (χ2n) is 5.33. The fourth-order valence-electron chi connectivity index (χ4n) is 3.29. The summed E-state index contributed by atoms with van der Waals surface area (Å²) < 4.78 is 0. The lowest BCUT2D eigenvalue weighted by atomic mass is 9.86. The molecular weight excluding hydrogens is 158 g/mol. The van der Waals surface area contributed by atoms with Crippen LogP contribution in [0.2, 0.25) is 0 Å². The molecule has 2 aliphatic carbocycles. The first-order valence-corrected chi connectivity index (χ1v) is 5.99. The van der Waals surface area contributed by atoms with Crippen LogP contribution in [0.5, 0.6) is 0 Å². The van der Waals surface area contributed by atoms with Crippen molar-refractivity contribution in [2.45, 2.75) is 52.0 Å². The van der Waals surface area contributed by atoms with Crippen LogP contribution in [0.15, 0.2) is 0 Å². The Morgan fingerprint density at radius 1 is 1.23 bits per heavy atom. The molecule has 0 heterocycles. The van der Waals surface area contributed by atoms with Gasteiger partial charge in [-0.1, -0.05) is 20.3 Å². The first-order chi connectivity index (χ1) is 6.25. The zero-order valence-electron chi connectivity index (χ0n) is 9.05. The molecule has 0 aromatic rings. The van der Waals surface area contributed by atoms with Crippen molar-refractivity contribution in [2.75, 3.05) is 6.54 Å². The van der Waals surface area contributed by atoms with Crippen LogP contribution < -0.4 is 5.32 Å². The van der Waals surface area contributed by atoms with Gasteiger partial charge in [-0.2, -0.15) is 0 Å². The molecule has 1 nitrogen and oxygen atoms in total. The van der Waals surface area contributed by atoms with Gasteiger partial charge in [-0.3, -0.25) is 0 Å². The van der Waals surface area contributed by atoms with Crippen molar-refractivity contribution in [3.63, 3.8) is 0 Å². The van der Waals surface area contributed by atoms with Gasteiger partial charge in [0.25, 0.3) is 0 Å². The summed E-state index contributed by atoms with van der Waals surface area (Å²) in [5, 5.41) is 3.53. The van der Waals surface area contributed by atoms with Gasteiger partial charge in [0.2, 0.25) is 0 Å². The van der Waals surface area contributed by atoms with Crippen LogP contribution in [0.1, 0.15) is 46.0 Å². The Hall–Kier alpha value is -0.0400. The highest BCUT2D eigenvalue weighted by atomic mass is 14.9. The fourth-order valence-corrected chi connectivity index (χ4v) is 3.29. The maximum atomic E-state index is 3.53. The predicted molar refractivity (Wildman–Crippen MR) is 56.7 cm³/mol. The Balaban J connectivity index is 1.66. The van der Waals surface area contributed by atoms with Gasteiger partial charge in [0.15, 0.2) is 0 Å². The number of nitrogens with one attached hydrogen (secondary N) is 1. The summed E-state index contributed by atoms with van der Waals surface area (Å²) in [6.45, 7) is 5.72. The lowest BCUT2D eigenvalue weighted by Crippen LogP contribution is -2.26. The molecule has 2 fully saturated rings. The van der Waals surface area contributed by atoms with E-state index >= 15 is 0 Å². The summed E-state index contributed by atoms with van der Waals surface area (Å²) in [6, 6.07) is 0.665. The van der Waals surface area contributed by atoms with Gasteiger partial charge in [0.1, 0.15) is 0 Å². The summed E-state index contributed by atoms with van der Waals surface area (Å²) in [7, 11) is 0. The zero-order chi connectivity index (χ0) is 9.26. The average Bonchev–Trinajstić information content (AvgIpc) is 2.64. The van der Waals surface area contributed by atoms with E-state index in [0.717, 1.165) is 17.8 Å². The Morgan fingerprint density at radius 2 is 2.08 bits per heavy atom. The van der Waals surface area contributed by atoms with Crippen LogP contribution in [0.4, 0.5) is 0 Å². The van der Waals surface area contributed by atoms with Gasteiger partial charge in [-0.15, -0.1) is 0 Å². The van der Waals surface area contributed by atoms with Crippen LogP contribution >= 0.6 is 0 Å². The first-order valence-electron chi connectivity index (χ1n) is 5.99. The minimum absolute atomic E-state index is 0.665. The molecule has 3 unspecified atom stereocenters. The molecule has 0 aromatic carbocycles. The van der Waals surface area contributed by atoms with Gasteiger partial charge in [-0.25, -0.2) is 0 Å². The van der Waals surface area contributed by atoms with Crippen molar-refractivity contribution >= 4 is 0 Å². The van der Waals surface area contributed by atoms with Gasteiger partial charge in [-0.05, 0) is 50.0 Å². The van der Waals surface area contributed by atoms with E-state index in [0.29, 0.717) is 6.04 Å². The van der Waals surface area contributed by atoms with Crippen molar-refractivity contribution in [2.24, 2.45) is 17.8 Å². The maximum absolute atomic E-state index is 3.53. The average molecular weight is 181 g/mol. The van der Waals surface area contributed by atoms with Crippen molar-refractivity contribution < 1.29 is 0 Å². The Labute approximate surface area is 82.3 Å². The minimum Gasteiger partial charge on any atom is -0.315 e. The van der Waals surface area contributed by atoms with E-state index in [9.17, 15) is 0 Å². The normalized spacial score (nSPS) is 37.6. The van der Waals surface area contributed by atoms with Crippen molar-refractivity contribution in [1.29, 1.82) is 0 Å². The maximum Gasteiger partial charge on any atom is 0.00103 e. The smallest absolute Gasteiger partial charge is 0.00103 e. The molecule has 13 heavy (non-hydrogen) atoms. The summed E-state index contributed by atoms with van der Waals surface area (Å²) in [5.41, 5.74) is 0. The molecule has 76 valence electrons. The van der Waals surface area contributed by atoms with E-state index in [2.05, 4.69) is 19.2 Å². The SMILES string of the molecule is CC(C)NCCC1CC2CCC1C2. The quantitative estimate of drug-likeness (QED) is 0.703. The lowest BCUT2D eigenvalue weighted by molar-refractivity contribution is 0.307. The third-order valence-corrected chi connectivity index (χ3v) is 3.95. The van der Waals surface area contributed by atoms with E-state index in [4.69, 9.17) is 0 Å². The Kier molecular flexibility index (Phi) is 2.92. The summed E-state index contributed by atoms with van der Waals surface area (Å²) in [4.78, 5) is 0. The number of rotatable bonds is 4. The van der Waals surface area contributed by atoms with Gasteiger partial charge >= 0.3 is 0 Å². The van der Waals surface area contributed by atoms with Gasteiger partial charge in [0, 0.05) is 6.04 Å². The standard InChI is InChI=1S/C12H23N/c1-9(2)13-6-5-12-8-10-3-4-11(12)7-10/h9-13H,3-8H2,1-2H3. The highest BCUT2D eigenvalue weighted by molar-refractivity contribution is 4.89. The Bertz CT molecular complexity index is 165. The van der Waals surface area contributed by atoms with Crippen LogP contribution in [0, 0.1) is 17.8 Å². The third-order valence-electron chi connectivity index (χ3n) is 3.95. The monoisotopic (exact) mass is 181 g/mol. The Morgan fingerprint density at radius 3 is 2.62 bits per heavy atom. The molecule has 0 radical (unpaired) electrons. The van der Waals surface area contributed by atoms with Crippen molar-refractivity contribution in [3.05, 3.63) is 0 Å². The third kappa shape index (κ3) is 2.25. The van der Waals surface area contributed by atoms with E-state index < -0.39 is 0 Å². The molecule has 2 saturated carbocycles. The van der Waals surface area contributed by atoms with E-state index in [1.807, 2.05) is 0 Å². The van der Waals surface area contributed by atoms with Crippen LogP contribution in [-0.4, -0.2) is 12.6 Å². The van der Waals surface area contributed by atoms with Crippen LogP contribution in [-0.2, 0) is 0 Å². The molecule has 2 bridgehead atoms. The summed E-state index contributed by atoms with van der Waals surface area (Å²) in [5.74, 6) is 3.30. The molecule has 1 N–H and O–H groups in total. The number of fused-ring (bicyclic) bond motifs is 2. The molecular formula is C12H23N. The molecule has 0 amide bonds. The number of hydrogen-bond donors (Lipinski definition) is 1. The predicted octanol–water partition coefficient (Wildman–Crippen LogP) is 2.81. The van der Waals surface area contributed by atoms with Crippen LogP contribution in [0.25, 0.3) is 0 Å². The molecule has 3 atom stereocenters. The summed E-state index contributed by atoms with van der Waals surface area (Å²) >= 11 is 0. The van der Waals surface area contributed by atoms with Gasteiger partial charge < -0.3 is 5.32 Å². The lowest BCUT2D eigenvalue weighted by Gasteiger charge is -2.22. The van der Waals surface area contributed by atoms with Gasteiger partial charge in [0.05, 0.1) is 0 Å². The zero-order valence-corrected chi connectivity index (χ0v) is 9.05. The fraction of sp³-hybridized carbons (Fsp3) is 1.00. The van der Waals surface area contributed by atoms with E-state index in [1.54, 1.807) is 19.3 Å². The highest BCUT2D eigenvalue weighted by Crippen LogP contribution is 2.49. The largest absolute Gasteiger partial charge is 0.315 e. The molecule has 0 saturated heterocycles. The molecule has 2 aliphatic rings. The van der Waals surface area contributed by atoms with Crippen molar-refractivity contribution in [3.8, 4) is 0 Å². The summed E-state index contributed by atoms with van der Waals surface area (Å²) in [6.07, 6.45) is 7.62. The van der Waals surface area contributed by atoms with Crippen LogP contribution in [0.3, 0.4) is 0 Å². The topological polar surface area (TPSA) is 12.0 Å². The van der Waals surface area contributed by atoms with Crippen molar-refractivity contribution in [1.82, 2.24) is 5.32 Å². The molecule has 0 aliphatic heterocycles. The first kappa shape index (κ1) is 9.51. The second kappa shape index (κ2) is 4.00. The second-order valence-corrected chi connectivity index (χ2v) is 5.33. The van der Waals surface area contributed by atoms with E-state index in [1.165, 1.54) is 19.4 Å². The molecule has 0 aromatic heterocycles. The number of hydrogen-bond acceptors (Lipinski definition) is 1. The molecule has 1 heteroatoms. The minimum atomic E-state index is 0.665. The molecule has 2 rings (SSSR count). The highest BCUT2D eigenvalue weighted by Gasteiger charge is 2.38. The van der Waals surface area contributed by atoms with E-state index in [-0.39, 0.29) is 0 Å².